The summed E-state index contributed by atoms with van der Waals surface area (Å²) in [6.07, 6.45) is 2.07. The average molecular weight is 331 g/mol. The van der Waals surface area contributed by atoms with Crippen LogP contribution < -0.4 is 5.73 Å². The van der Waals surface area contributed by atoms with Gasteiger partial charge in [0.25, 0.3) is 5.91 Å². The molecule has 0 aromatic heterocycles. The van der Waals surface area contributed by atoms with Crippen molar-refractivity contribution >= 4 is 11.8 Å². The minimum atomic E-state index is -0.474. The Labute approximate surface area is 144 Å². The van der Waals surface area contributed by atoms with E-state index in [2.05, 4.69) is 32.8 Å². The van der Waals surface area contributed by atoms with E-state index in [1.807, 2.05) is 4.90 Å². The molecule has 0 saturated carbocycles. The molecule has 0 atom stereocenters. The Morgan fingerprint density at radius 3 is 2.08 bits per heavy atom. The molecule has 0 unspecified atom stereocenters. The van der Waals surface area contributed by atoms with E-state index in [4.69, 9.17) is 5.73 Å². The third-order valence-electron chi connectivity index (χ3n) is 5.03. The standard InChI is InChI=1S/C19H29N3O2/c1-19(2,13-21(3)4)16-9-11-22(12-10-16)18(24)15-7-5-14(6-8-15)17(20)23/h5-8,16H,9-13H2,1-4H3,(H2,20,23). The van der Waals surface area contributed by atoms with Crippen LogP contribution in [0.4, 0.5) is 0 Å². The molecule has 2 rings (SSSR count). The molecule has 0 radical (unpaired) electrons. The van der Waals surface area contributed by atoms with Crippen molar-refractivity contribution in [3.8, 4) is 0 Å². The molecule has 1 aromatic carbocycles. The first-order chi connectivity index (χ1) is 11.2. The molecule has 5 nitrogen and oxygen atoms in total. The summed E-state index contributed by atoms with van der Waals surface area (Å²) in [5, 5.41) is 0. The first kappa shape index (κ1) is 18.5. The van der Waals surface area contributed by atoms with E-state index in [0.717, 1.165) is 32.5 Å². The van der Waals surface area contributed by atoms with Gasteiger partial charge in [0.15, 0.2) is 0 Å². The van der Waals surface area contributed by atoms with Gasteiger partial charge in [-0.2, -0.15) is 0 Å². The molecule has 1 heterocycles. The summed E-state index contributed by atoms with van der Waals surface area (Å²) in [6, 6.07) is 6.60. The highest BCUT2D eigenvalue weighted by Gasteiger charge is 2.34. The van der Waals surface area contributed by atoms with Crippen molar-refractivity contribution in [2.75, 3.05) is 33.7 Å². The van der Waals surface area contributed by atoms with Crippen molar-refractivity contribution in [1.29, 1.82) is 0 Å². The van der Waals surface area contributed by atoms with E-state index >= 15 is 0 Å². The number of hydrogen-bond acceptors (Lipinski definition) is 3. The molecule has 1 aliphatic rings. The topological polar surface area (TPSA) is 66.6 Å². The van der Waals surface area contributed by atoms with Crippen molar-refractivity contribution in [1.82, 2.24) is 9.80 Å². The molecular weight excluding hydrogens is 302 g/mol. The monoisotopic (exact) mass is 331 g/mol. The minimum absolute atomic E-state index is 0.0369. The molecule has 24 heavy (non-hydrogen) atoms. The van der Waals surface area contributed by atoms with Gasteiger partial charge in [-0.1, -0.05) is 13.8 Å². The second-order valence-electron chi connectivity index (χ2n) is 7.73. The zero-order chi connectivity index (χ0) is 17.9. The van der Waals surface area contributed by atoms with Crippen molar-refractivity contribution in [3.05, 3.63) is 35.4 Å². The maximum Gasteiger partial charge on any atom is 0.253 e. The van der Waals surface area contributed by atoms with Gasteiger partial charge in [-0.3, -0.25) is 9.59 Å². The van der Waals surface area contributed by atoms with Gasteiger partial charge in [-0.05, 0) is 62.5 Å². The maximum atomic E-state index is 12.6. The van der Waals surface area contributed by atoms with Crippen LogP contribution in [0.15, 0.2) is 24.3 Å². The van der Waals surface area contributed by atoms with Gasteiger partial charge in [-0.25, -0.2) is 0 Å². The van der Waals surface area contributed by atoms with Gasteiger partial charge >= 0.3 is 0 Å². The molecule has 5 heteroatoms. The summed E-state index contributed by atoms with van der Waals surface area (Å²) in [5.74, 6) is 0.189. The van der Waals surface area contributed by atoms with Crippen molar-refractivity contribution in [2.24, 2.45) is 17.1 Å². The van der Waals surface area contributed by atoms with Crippen molar-refractivity contribution in [2.45, 2.75) is 26.7 Å². The molecule has 1 aliphatic heterocycles. The number of rotatable bonds is 5. The quantitative estimate of drug-likeness (QED) is 0.900. The molecule has 1 saturated heterocycles. The number of amides is 2. The number of benzene rings is 1. The lowest BCUT2D eigenvalue weighted by Gasteiger charge is -2.42. The summed E-state index contributed by atoms with van der Waals surface area (Å²) in [6.45, 7) is 7.27. The molecule has 1 fully saturated rings. The third-order valence-corrected chi connectivity index (χ3v) is 5.03. The number of carbonyl (C=O) groups is 2. The van der Waals surface area contributed by atoms with Gasteiger partial charge in [0.1, 0.15) is 0 Å². The summed E-state index contributed by atoms with van der Waals surface area (Å²) in [7, 11) is 4.21. The van der Waals surface area contributed by atoms with Gasteiger partial charge in [-0.15, -0.1) is 0 Å². The summed E-state index contributed by atoms with van der Waals surface area (Å²) < 4.78 is 0. The summed E-state index contributed by atoms with van der Waals surface area (Å²) in [5.41, 5.74) is 6.53. The van der Waals surface area contributed by atoms with E-state index < -0.39 is 5.91 Å². The number of primary amides is 1. The molecule has 0 bridgehead atoms. The number of nitrogens with zero attached hydrogens (tertiary/aromatic N) is 2. The summed E-state index contributed by atoms with van der Waals surface area (Å²) in [4.78, 5) is 27.9. The van der Waals surface area contributed by atoms with Crippen LogP contribution in [-0.2, 0) is 0 Å². The molecule has 1 aromatic rings. The molecule has 132 valence electrons. The van der Waals surface area contributed by atoms with Crippen LogP contribution in [0, 0.1) is 11.3 Å². The molecule has 2 amide bonds. The fraction of sp³-hybridized carbons (Fsp3) is 0.579. The van der Waals surface area contributed by atoms with Crippen LogP contribution in [0.3, 0.4) is 0 Å². The van der Waals surface area contributed by atoms with E-state index in [0.29, 0.717) is 17.0 Å². The first-order valence-corrected chi connectivity index (χ1v) is 8.54. The first-order valence-electron chi connectivity index (χ1n) is 8.54. The molecule has 2 N–H and O–H groups in total. The highest BCUT2D eigenvalue weighted by molar-refractivity contribution is 5.97. The number of carbonyl (C=O) groups excluding carboxylic acids is 2. The maximum absolute atomic E-state index is 12.6. The van der Waals surface area contributed by atoms with E-state index in [-0.39, 0.29) is 11.3 Å². The second-order valence-corrected chi connectivity index (χ2v) is 7.73. The second kappa shape index (κ2) is 7.34. The number of nitrogens with two attached hydrogens (primary N) is 1. The lowest BCUT2D eigenvalue weighted by atomic mass is 9.73. The Morgan fingerprint density at radius 1 is 1.12 bits per heavy atom. The van der Waals surface area contributed by atoms with Gasteiger partial charge < -0.3 is 15.5 Å². The van der Waals surface area contributed by atoms with Crippen LogP contribution >= 0.6 is 0 Å². The SMILES string of the molecule is CN(C)CC(C)(C)C1CCN(C(=O)c2ccc(C(N)=O)cc2)CC1. The predicted octanol–water partition coefficient (Wildman–Crippen LogP) is 2.23. The largest absolute Gasteiger partial charge is 0.366 e. The third kappa shape index (κ3) is 4.35. The highest BCUT2D eigenvalue weighted by Crippen LogP contribution is 2.35. The van der Waals surface area contributed by atoms with Crippen LogP contribution in [0.2, 0.25) is 0 Å². The number of hydrogen-bond donors (Lipinski definition) is 1. The van der Waals surface area contributed by atoms with Crippen LogP contribution in [0.25, 0.3) is 0 Å². The Bertz CT molecular complexity index is 585. The van der Waals surface area contributed by atoms with E-state index in [1.54, 1.807) is 24.3 Å². The zero-order valence-electron chi connectivity index (χ0n) is 15.2. The van der Waals surface area contributed by atoms with Crippen LogP contribution in [0.5, 0.6) is 0 Å². The molecular formula is C19H29N3O2. The Morgan fingerprint density at radius 2 is 1.62 bits per heavy atom. The fourth-order valence-electron chi connectivity index (χ4n) is 3.77. The zero-order valence-corrected chi connectivity index (χ0v) is 15.2. The smallest absolute Gasteiger partial charge is 0.253 e. The highest BCUT2D eigenvalue weighted by atomic mass is 16.2. The van der Waals surface area contributed by atoms with E-state index in [9.17, 15) is 9.59 Å². The van der Waals surface area contributed by atoms with Crippen molar-refractivity contribution in [3.63, 3.8) is 0 Å². The van der Waals surface area contributed by atoms with E-state index in [1.165, 1.54) is 0 Å². The van der Waals surface area contributed by atoms with Crippen molar-refractivity contribution < 1.29 is 9.59 Å². The molecule has 0 spiro atoms. The normalized spacial score (nSPS) is 16.5. The number of piperidine rings is 1. The average Bonchev–Trinajstić information content (AvgIpc) is 2.53. The van der Waals surface area contributed by atoms with Gasteiger partial charge in [0, 0.05) is 30.8 Å². The molecule has 0 aliphatic carbocycles. The van der Waals surface area contributed by atoms with Gasteiger partial charge in [0.2, 0.25) is 5.91 Å². The van der Waals surface area contributed by atoms with Gasteiger partial charge in [0.05, 0.1) is 0 Å². The fourth-order valence-corrected chi connectivity index (χ4v) is 3.77. The predicted molar refractivity (Wildman–Crippen MR) is 95.9 cm³/mol. The minimum Gasteiger partial charge on any atom is -0.366 e. The van der Waals surface area contributed by atoms with Crippen LogP contribution in [0.1, 0.15) is 47.4 Å². The Hall–Kier alpha value is -1.88. The Balaban J connectivity index is 1.96. The lowest BCUT2D eigenvalue weighted by molar-refractivity contribution is 0.0535. The lowest BCUT2D eigenvalue weighted by Crippen LogP contribution is -2.44. The van der Waals surface area contributed by atoms with Crippen LogP contribution in [-0.4, -0.2) is 55.3 Å². The number of likely N-dealkylation sites (tertiary alicyclic amines) is 1. The summed E-state index contributed by atoms with van der Waals surface area (Å²) >= 11 is 0. The Kier molecular flexibility index (Phi) is 5.65.